The number of methoxy groups -OCH3 is 1. The molecule has 1 saturated carbocycles. The first-order valence-corrected chi connectivity index (χ1v) is 13.0. The van der Waals surface area contributed by atoms with Gasteiger partial charge in [-0.25, -0.2) is 0 Å². The smallest absolute Gasteiger partial charge is 0.270 e. The molecule has 0 bridgehead atoms. The number of rotatable bonds is 7. The Morgan fingerprint density at radius 3 is 2.27 bits per heavy atom. The molecule has 2 heterocycles. The van der Waals surface area contributed by atoms with Crippen LogP contribution < -0.4 is 15.4 Å². The van der Waals surface area contributed by atoms with Gasteiger partial charge in [0.05, 0.1) is 18.7 Å². The van der Waals surface area contributed by atoms with Gasteiger partial charge >= 0.3 is 0 Å². The van der Waals surface area contributed by atoms with Crippen LogP contribution in [0.1, 0.15) is 49.5 Å². The molecule has 1 aromatic carbocycles. The summed E-state index contributed by atoms with van der Waals surface area (Å²) in [5, 5.41) is 6.98. The predicted molar refractivity (Wildman–Crippen MR) is 146 cm³/mol. The lowest BCUT2D eigenvalue weighted by Gasteiger charge is -2.39. The minimum Gasteiger partial charge on any atom is -0.497 e. The normalized spacial score (nSPS) is 18.2. The molecule has 9 nitrogen and oxygen atoms in total. The highest BCUT2D eigenvalue weighted by atomic mass is 35.5. The molecule has 2 aliphatic rings. The first-order chi connectivity index (χ1) is 17.3. The molecule has 1 saturated heterocycles. The molecule has 2 aromatic rings. The van der Waals surface area contributed by atoms with E-state index >= 15 is 0 Å². The number of benzene rings is 1. The zero-order valence-corrected chi connectivity index (χ0v) is 23.1. The Balaban J connectivity index is 0.00000380. The fourth-order valence-electron chi connectivity index (χ4n) is 5.39. The summed E-state index contributed by atoms with van der Waals surface area (Å²) >= 11 is 0. The number of nitrogens with one attached hydrogen (secondary N) is 2. The fraction of sp³-hybridized carbons (Fsp3) is 0.593. The number of nitrogens with zero attached hydrogens (tertiary/aromatic N) is 3. The number of carbonyl (C=O) groups is 3. The third-order valence-corrected chi connectivity index (χ3v) is 7.86. The number of halogens is 1. The molecule has 0 spiro atoms. The Kier molecular flexibility index (Phi) is 9.84. The van der Waals surface area contributed by atoms with Gasteiger partial charge in [-0.05, 0) is 50.9 Å². The van der Waals surface area contributed by atoms with Crippen molar-refractivity contribution in [1.82, 2.24) is 25.0 Å². The first-order valence-electron chi connectivity index (χ1n) is 13.0. The SMILES string of the molecule is CNC(C)C(=O)NC(C(=O)N1CCN(C(=O)c2cc3ccc(OC)cc3n2C)CC1)C1CCCCC1.Cl. The Labute approximate surface area is 225 Å². The molecule has 10 heteroatoms. The van der Waals surface area contributed by atoms with E-state index < -0.39 is 6.04 Å². The second-order valence-electron chi connectivity index (χ2n) is 10.0. The van der Waals surface area contributed by atoms with Gasteiger partial charge in [-0.2, -0.15) is 0 Å². The maximum atomic E-state index is 13.6. The first kappa shape index (κ1) is 28.8. The molecule has 204 valence electrons. The van der Waals surface area contributed by atoms with E-state index in [1.54, 1.807) is 21.1 Å². The van der Waals surface area contributed by atoms with Gasteiger partial charge in [-0.15, -0.1) is 12.4 Å². The number of carbonyl (C=O) groups excluding carboxylic acids is 3. The van der Waals surface area contributed by atoms with Crippen molar-refractivity contribution in [2.24, 2.45) is 13.0 Å². The van der Waals surface area contributed by atoms with Gasteiger partial charge in [0.1, 0.15) is 17.5 Å². The van der Waals surface area contributed by atoms with E-state index in [4.69, 9.17) is 4.74 Å². The van der Waals surface area contributed by atoms with E-state index in [2.05, 4.69) is 10.6 Å². The van der Waals surface area contributed by atoms with Crippen LogP contribution in [-0.4, -0.2) is 84.5 Å². The van der Waals surface area contributed by atoms with Crippen molar-refractivity contribution < 1.29 is 19.1 Å². The van der Waals surface area contributed by atoms with Gasteiger partial charge in [0.15, 0.2) is 0 Å². The molecule has 2 atom stereocenters. The van der Waals surface area contributed by atoms with Crippen molar-refractivity contribution >= 4 is 41.0 Å². The average Bonchev–Trinajstić information content (AvgIpc) is 3.26. The number of piperazine rings is 1. The molecule has 3 amide bonds. The average molecular weight is 534 g/mol. The van der Waals surface area contributed by atoms with Crippen molar-refractivity contribution in [2.45, 2.75) is 51.1 Å². The second-order valence-corrected chi connectivity index (χ2v) is 10.0. The molecular formula is C27H40ClN5O4. The Morgan fingerprint density at radius 2 is 1.65 bits per heavy atom. The number of ether oxygens (including phenoxy) is 1. The molecule has 37 heavy (non-hydrogen) atoms. The molecule has 2 N–H and O–H groups in total. The van der Waals surface area contributed by atoms with E-state index in [9.17, 15) is 14.4 Å². The number of aryl methyl sites for hydroxylation is 1. The zero-order valence-electron chi connectivity index (χ0n) is 22.3. The minimum absolute atomic E-state index is 0. The summed E-state index contributed by atoms with van der Waals surface area (Å²) in [4.78, 5) is 43.2. The number of amides is 3. The second kappa shape index (κ2) is 12.6. The molecule has 0 radical (unpaired) electrons. The third-order valence-electron chi connectivity index (χ3n) is 7.86. The summed E-state index contributed by atoms with van der Waals surface area (Å²) in [5.74, 6) is 0.690. The maximum Gasteiger partial charge on any atom is 0.270 e. The van der Waals surface area contributed by atoms with Crippen LogP contribution in [0.15, 0.2) is 24.3 Å². The Hall–Kier alpha value is -2.78. The van der Waals surface area contributed by atoms with Gasteiger partial charge in [-0.3, -0.25) is 14.4 Å². The summed E-state index contributed by atoms with van der Waals surface area (Å²) in [5.41, 5.74) is 1.56. The van der Waals surface area contributed by atoms with Crippen molar-refractivity contribution in [3.8, 4) is 5.75 Å². The summed E-state index contributed by atoms with van der Waals surface area (Å²) in [6, 6.07) is 6.81. The van der Waals surface area contributed by atoms with Crippen molar-refractivity contribution in [2.75, 3.05) is 40.3 Å². The molecular weight excluding hydrogens is 494 g/mol. The number of aromatic nitrogens is 1. The highest BCUT2D eigenvalue weighted by Gasteiger charge is 2.36. The van der Waals surface area contributed by atoms with Crippen LogP contribution in [0.5, 0.6) is 5.75 Å². The summed E-state index contributed by atoms with van der Waals surface area (Å²) in [6.45, 7) is 3.65. The zero-order chi connectivity index (χ0) is 25.8. The van der Waals surface area contributed by atoms with Gasteiger partial charge in [-0.1, -0.05) is 19.3 Å². The number of fused-ring (bicyclic) bond motifs is 1. The Morgan fingerprint density at radius 1 is 1.00 bits per heavy atom. The van der Waals surface area contributed by atoms with Crippen LogP contribution in [0.4, 0.5) is 0 Å². The molecule has 1 aromatic heterocycles. The Bertz CT molecular complexity index is 1110. The van der Waals surface area contributed by atoms with Gasteiger partial charge < -0.3 is 29.7 Å². The number of hydrogen-bond acceptors (Lipinski definition) is 5. The van der Waals surface area contributed by atoms with Crippen LogP contribution in [0.3, 0.4) is 0 Å². The summed E-state index contributed by atoms with van der Waals surface area (Å²) in [7, 11) is 5.25. The molecule has 1 aliphatic heterocycles. The van der Waals surface area contributed by atoms with E-state index in [0.717, 1.165) is 42.3 Å². The summed E-state index contributed by atoms with van der Waals surface area (Å²) < 4.78 is 7.23. The monoisotopic (exact) mass is 533 g/mol. The van der Waals surface area contributed by atoms with Crippen molar-refractivity contribution in [3.05, 3.63) is 30.0 Å². The molecule has 1 aliphatic carbocycles. The fourth-order valence-corrected chi connectivity index (χ4v) is 5.39. The van der Waals surface area contributed by atoms with Gasteiger partial charge in [0.25, 0.3) is 5.91 Å². The standard InChI is InChI=1S/C27H39N5O4.ClH/c1-18(28-2)25(33)29-24(19-8-6-5-7-9-19)27(35)32-14-12-31(13-15-32)26(34)23-16-20-10-11-21(36-4)17-22(20)30(23)3;/h10-11,16-19,24,28H,5-9,12-15H2,1-4H3,(H,29,33);1H. The highest BCUT2D eigenvalue weighted by Crippen LogP contribution is 2.28. The quantitative estimate of drug-likeness (QED) is 0.570. The molecule has 4 rings (SSSR count). The largest absolute Gasteiger partial charge is 0.497 e. The van der Waals surface area contributed by atoms with E-state index in [-0.39, 0.29) is 42.1 Å². The third kappa shape index (κ3) is 6.21. The molecule has 2 fully saturated rings. The van der Waals surface area contributed by atoms with Crippen molar-refractivity contribution in [3.63, 3.8) is 0 Å². The van der Waals surface area contributed by atoms with Gasteiger partial charge in [0.2, 0.25) is 11.8 Å². The maximum absolute atomic E-state index is 13.6. The number of likely N-dealkylation sites (N-methyl/N-ethyl adjacent to an activating group) is 1. The lowest BCUT2D eigenvalue weighted by molar-refractivity contribution is -0.140. The highest BCUT2D eigenvalue weighted by molar-refractivity contribution is 5.99. The topological polar surface area (TPSA) is 95.9 Å². The summed E-state index contributed by atoms with van der Waals surface area (Å²) in [6.07, 6.45) is 5.26. The van der Waals surface area contributed by atoms with E-state index in [1.165, 1.54) is 6.42 Å². The van der Waals surface area contributed by atoms with E-state index in [1.807, 2.05) is 45.7 Å². The molecule has 2 unspecified atom stereocenters. The van der Waals surface area contributed by atoms with Crippen LogP contribution >= 0.6 is 12.4 Å². The minimum atomic E-state index is -0.510. The lowest BCUT2D eigenvalue weighted by Crippen LogP contribution is -2.59. The van der Waals surface area contributed by atoms with E-state index in [0.29, 0.717) is 31.9 Å². The van der Waals surface area contributed by atoms with Crippen LogP contribution in [0.2, 0.25) is 0 Å². The number of hydrogen-bond donors (Lipinski definition) is 2. The van der Waals surface area contributed by atoms with Crippen LogP contribution in [0, 0.1) is 5.92 Å². The lowest BCUT2D eigenvalue weighted by atomic mass is 9.83. The van der Waals surface area contributed by atoms with Crippen LogP contribution in [-0.2, 0) is 16.6 Å². The van der Waals surface area contributed by atoms with Crippen LogP contribution in [0.25, 0.3) is 10.9 Å². The van der Waals surface area contributed by atoms with Gasteiger partial charge in [0, 0.05) is 44.7 Å². The predicted octanol–water partition coefficient (Wildman–Crippen LogP) is 2.57. The van der Waals surface area contributed by atoms with Crippen molar-refractivity contribution in [1.29, 1.82) is 0 Å².